The van der Waals surface area contributed by atoms with Crippen LogP contribution in [0, 0.1) is 11.3 Å². The molecular formula is C20H15AsBrN. The van der Waals surface area contributed by atoms with Gasteiger partial charge in [0.15, 0.2) is 0 Å². The van der Waals surface area contributed by atoms with Crippen LogP contribution >= 0.6 is 15.9 Å². The van der Waals surface area contributed by atoms with Crippen molar-refractivity contribution in [1.82, 2.24) is 0 Å². The molecule has 0 amide bonds. The molecule has 3 aromatic rings. The fraction of sp³-hybridized carbons (Fsp3) is 0. The van der Waals surface area contributed by atoms with E-state index in [-0.39, 0.29) is 0 Å². The monoisotopic (exact) mass is 423 g/mol. The fourth-order valence-corrected chi connectivity index (χ4v) is 13.5. The Hall–Kier alpha value is -1.94. The molecule has 0 aliphatic rings. The Morgan fingerprint density at radius 2 is 0.957 bits per heavy atom. The molecule has 0 aliphatic carbocycles. The summed E-state index contributed by atoms with van der Waals surface area (Å²) in [5, 5.41) is 9.76. The summed E-state index contributed by atoms with van der Waals surface area (Å²) in [6.45, 7) is 0. The van der Waals surface area contributed by atoms with Gasteiger partial charge in [0.25, 0.3) is 0 Å². The maximum absolute atomic E-state index is 9.76. The van der Waals surface area contributed by atoms with E-state index in [1.54, 1.807) is 0 Å². The second-order valence-electron chi connectivity index (χ2n) is 5.08. The average molecular weight is 424 g/mol. The molecule has 0 unspecified atom stereocenters. The molecule has 0 saturated heterocycles. The third kappa shape index (κ3) is 2.83. The van der Waals surface area contributed by atoms with Crippen molar-refractivity contribution >= 4 is 45.3 Å². The van der Waals surface area contributed by atoms with Gasteiger partial charge in [-0.2, -0.15) is 0 Å². The Labute approximate surface area is 147 Å². The van der Waals surface area contributed by atoms with Gasteiger partial charge in [-0.1, -0.05) is 0 Å². The molecule has 3 aromatic carbocycles. The second kappa shape index (κ2) is 7.09. The van der Waals surface area contributed by atoms with Crippen LogP contribution in [0.4, 0.5) is 0 Å². The maximum atomic E-state index is 9.76. The van der Waals surface area contributed by atoms with Gasteiger partial charge in [-0.05, 0) is 0 Å². The molecule has 1 nitrogen and oxygen atoms in total. The molecule has 23 heavy (non-hydrogen) atoms. The first-order valence-corrected chi connectivity index (χ1v) is 11.8. The van der Waals surface area contributed by atoms with Gasteiger partial charge in [0, 0.05) is 0 Å². The van der Waals surface area contributed by atoms with Crippen LogP contribution in [0.15, 0.2) is 91.0 Å². The number of nitrogens with zero attached hydrogens (tertiary/aromatic N) is 1. The summed E-state index contributed by atoms with van der Waals surface area (Å²) in [5.41, 5.74) is 0. The molecule has 3 rings (SSSR count). The third-order valence-electron chi connectivity index (χ3n) is 3.82. The summed E-state index contributed by atoms with van der Waals surface area (Å²) in [6, 6.07) is 33.6. The van der Waals surface area contributed by atoms with Crippen molar-refractivity contribution in [2.45, 2.75) is 0 Å². The Morgan fingerprint density at radius 3 is 1.22 bits per heavy atom. The van der Waals surface area contributed by atoms with Gasteiger partial charge < -0.3 is 0 Å². The van der Waals surface area contributed by atoms with Crippen LogP contribution in [0.2, 0.25) is 0 Å². The van der Waals surface area contributed by atoms with E-state index >= 15 is 0 Å². The first-order valence-electron chi connectivity index (χ1n) is 7.29. The van der Waals surface area contributed by atoms with E-state index in [2.05, 4.69) is 94.8 Å². The third-order valence-corrected chi connectivity index (χ3v) is 15.0. The van der Waals surface area contributed by atoms with E-state index in [1.807, 2.05) is 18.2 Å². The molecule has 0 N–H and O–H groups in total. The molecule has 3 heteroatoms. The van der Waals surface area contributed by atoms with E-state index in [1.165, 1.54) is 13.1 Å². The van der Waals surface area contributed by atoms with Crippen molar-refractivity contribution < 1.29 is 0 Å². The van der Waals surface area contributed by atoms with Crippen molar-refractivity contribution in [3.05, 3.63) is 91.0 Å². The predicted octanol–water partition coefficient (Wildman–Crippen LogP) is 2.79. The Balaban J connectivity index is 2.50. The number of nitriles is 1. The van der Waals surface area contributed by atoms with Crippen molar-refractivity contribution in [2.24, 2.45) is 0 Å². The van der Waals surface area contributed by atoms with Crippen molar-refractivity contribution in [2.75, 3.05) is 0 Å². The van der Waals surface area contributed by atoms with E-state index in [0.29, 0.717) is 0 Å². The summed E-state index contributed by atoms with van der Waals surface area (Å²) >= 11 is 0.633. The first kappa shape index (κ1) is 15.9. The molecular weight excluding hydrogens is 409 g/mol. The average Bonchev–Trinajstić information content (AvgIpc) is 2.65. The summed E-state index contributed by atoms with van der Waals surface area (Å²) in [6.07, 6.45) is 0. The summed E-state index contributed by atoms with van der Waals surface area (Å²) in [5.74, 6) is 0. The van der Waals surface area contributed by atoms with Crippen molar-refractivity contribution in [3.8, 4) is 6.07 Å². The molecule has 0 saturated carbocycles. The molecule has 0 bridgehead atoms. The molecule has 0 aromatic heterocycles. The van der Waals surface area contributed by atoms with Gasteiger partial charge in [-0.25, -0.2) is 0 Å². The van der Waals surface area contributed by atoms with Gasteiger partial charge in [-0.3, -0.25) is 0 Å². The van der Waals surface area contributed by atoms with E-state index < -0.39 is 13.1 Å². The molecule has 0 radical (unpaired) electrons. The quantitative estimate of drug-likeness (QED) is 0.594. The van der Waals surface area contributed by atoms with Crippen LogP contribution < -0.4 is 13.1 Å². The van der Waals surface area contributed by atoms with Crippen LogP contribution in [0.5, 0.6) is 0 Å². The predicted molar refractivity (Wildman–Crippen MR) is 104 cm³/mol. The Kier molecular flexibility index (Phi) is 4.91. The van der Waals surface area contributed by atoms with Gasteiger partial charge in [0.2, 0.25) is 0 Å². The van der Waals surface area contributed by atoms with E-state index in [4.69, 9.17) is 0 Å². The van der Waals surface area contributed by atoms with Crippen LogP contribution in [0.3, 0.4) is 0 Å². The number of halogens is 1. The zero-order chi connectivity index (χ0) is 16.1. The molecule has 112 valence electrons. The number of benzene rings is 3. The molecule has 0 fully saturated rings. The number of rotatable bonds is 3. The first-order chi connectivity index (χ1) is 11.3. The van der Waals surface area contributed by atoms with Crippen LogP contribution in [0.1, 0.15) is 0 Å². The summed E-state index contributed by atoms with van der Waals surface area (Å²) in [4.78, 5) is 0. The number of hydrogen-bond donors (Lipinski definition) is 0. The van der Waals surface area contributed by atoms with Gasteiger partial charge in [0.1, 0.15) is 0 Å². The zero-order valence-corrected chi connectivity index (χ0v) is 15.9. The van der Waals surface area contributed by atoms with Gasteiger partial charge >= 0.3 is 148 Å². The topological polar surface area (TPSA) is 23.8 Å². The SMILES string of the molecule is N#CC(Br)=[As](c1ccccc1)(c1ccccc1)c1ccccc1. The minimum atomic E-state index is -3.01. The van der Waals surface area contributed by atoms with E-state index in [9.17, 15) is 5.26 Å². The second-order valence-corrected chi connectivity index (χ2v) is 14.2. The molecule has 0 heterocycles. The van der Waals surface area contributed by atoms with Crippen molar-refractivity contribution in [3.63, 3.8) is 0 Å². The minimum absolute atomic E-state index is 0.749. The molecule has 0 aliphatic heterocycles. The van der Waals surface area contributed by atoms with Crippen molar-refractivity contribution in [1.29, 1.82) is 5.26 Å². The van der Waals surface area contributed by atoms with E-state index in [0.717, 1.165) is 3.21 Å². The summed E-state index contributed by atoms with van der Waals surface area (Å²) in [7, 11) is 0. The van der Waals surface area contributed by atoms with Crippen LogP contribution in [0.25, 0.3) is 0 Å². The standard InChI is InChI=1S/C20H15AsBrN/c22-20(16-23)21(17-10-4-1-5-11-17,18-12-6-2-7-13-18)19-14-8-3-9-15-19/h1-15H. The fourth-order valence-electron chi connectivity index (χ4n) is 2.82. The van der Waals surface area contributed by atoms with Crippen LogP contribution in [-0.4, -0.2) is 16.3 Å². The molecule has 0 spiro atoms. The zero-order valence-electron chi connectivity index (χ0n) is 12.4. The Bertz CT molecular complexity index is 778. The summed E-state index contributed by atoms with van der Waals surface area (Å²) < 4.78 is 4.45. The normalized spacial score (nSPS) is 10.8. The van der Waals surface area contributed by atoms with Gasteiger partial charge in [0.05, 0.1) is 0 Å². The van der Waals surface area contributed by atoms with Gasteiger partial charge in [-0.15, -0.1) is 0 Å². The number of hydrogen-bond acceptors (Lipinski definition) is 1. The van der Waals surface area contributed by atoms with Crippen LogP contribution in [-0.2, 0) is 0 Å². The molecule has 0 atom stereocenters. The Morgan fingerprint density at radius 1 is 0.652 bits per heavy atom.